The number of fused-ring (bicyclic) bond motifs is 3. The van der Waals surface area contributed by atoms with Gasteiger partial charge in [-0.1, -0.05) is 49.4 Å². The van der Waals surface area contributed by atoms with E-state index >= 15 is 0 Å². The topological polar surface area (TPSA) is 0 Å². The van der Waals surface area contributed by atoms with Gasteiger partial charge in [0.15, 0.2) is 0 Å². The standard InChI is InChI=1S/C15H14.2ClH.Zr/c1-2-11-7-8-15-13(9-11)10-12-5-3-4-6-14(12)15;;;/h3-9H,2,10H2,1H3;2*1H;/q;;;+2/p-2. The van der Waals surface area contributed by atoms with Crippen LogP contribution in [-0.4, -0.2) is 0 Å². The van der Waals surface area contributed by atoms with Gasteiger partial charge in [-0.2, -0.15) is 0 Å². The van der Waals surface area contributed by atoms with Crippen LogP contribution in [0, 0.1) is 0 Å². The summed E-state index contributed by atoms with van der Waals surface area (Å²) in [6.07, 6.45) is 2.24. The monoisotopic (exact) mass is 354 g/mol. The quantitative estimate of drug-likeness (QED) is 0.562. The van der Waals surface area contributed by atoms with Gasteiger partial charge in [0.25, 0.3) is 0 Å². The van der Waals surface area contributed by atoms with E-state index in [2.05, 4.69) is 49.4 Å². The molecule has 0 unspecified atom stereocenters. The third kappa shape index (κ3) is 3.07. The number of halogens is 2. The van der Waals surface area contributed by atoms with E-state index in [4.69, 9.17) is 17.0 Å². The fourth-order valence-corrected chi connectivity index (χ4v) is 2.42. The van der Waals surface area contributed by atoms with Crippen molar-refractivity contribution in [3.8, 4) is 11.1 Å². The van der Waals surface area contributed by atoms with Gasteiger partial charge in [-0.15, -0.1) is 0 Å². The number of aryl methyl sites for hydroxylation is 1. The average Bonchev–Trinajstić information content (AvgIpc) is 2.77. The summed E-state index contributed by atoms with van der Waals surface area (Å²) in [5.41, 5.74) is 7.27. The molecule has 18 heavy (non-hydrogen) atoms. The molecule has 0 aromatic heterocycles. The molecule has 1 aliphatic carbocycles. The summed E-state index contributed by atoms with van der Waals surface area (Å²) >= 11 is -0.826. The molecule has 2 aromatic rings. The Balaban J connectivity index is 0.000000367. The molecule has 1 aliphatic rings. The minimum atomic E-state index is -0.826. The van der Waals surface area contributed by atoms with Crippen LogP contribution in [-0.2, 0) is 33.7 Å². The second-order valence-electron chi connectivity index (χ2n) is 4.25. The number of hydrogen-bond acceptors (Lipinski definition) is 0. The molecule has 0 N–H and O–H groups in total. The van der Waals surface area contributed by atoms with E-state index < -0.39 is 20.8 Å². The summed E-state index contributed by atoms with van der Waals surface area (Å²) in [6.45, 7) is 2.21. The van der Waals surface area contributed by atoms with Gasteiger partial charge in [0, 0.05) is 0 Å². The molecule has 3 rings (SSSR count). The molecule has 0 nitrogen and oxygen atoms in total. The zero-order valence-corrected chi connectivity index (χ0v) is 14.2. The number of hydrogen-bond donors (Lipinski definition) is 0. The second-order valence-corrected chi connectivity index (χ2v) is 7.98. The zero-order chi connectivity index (χ0) is 13.0. The number of benzene rings is 2. The first-order chi connectivity index (χ1) is 8.80. The van der Waals surface area contributed by atoms with Gasteiger partial charge in [0.05, 0.1) is 0 Å². The van der Waals surface area contributed by atoms with Gasteiger partial charge in [0.2, 0.25) is 0 Å². The van der Waals surface area contributed by atoms with E-state index in [0.29, 0.717) is 0 Å². The Hall–Kier alpha value is -0.0969. The molecule has 0 spiro atoms. The first-order valence-corrected chi connectivity index (χ1v) is 12.3. The van der Waals surface area contributed by atoms with Crippen molar-refractivity contribution in [2.45, 2.75) is 19.8 Å². The Morgan fingerprint density at radius 1 is 1.00 bits per heavy atom. The van der Waals surface area contributed by atoms with Crippen LogP contribution in [0.3, 0.4) is 0 Å². The van der Waals surface area contributed by atoms with Crippen molar-refractivity contribution >= 4 is 17.0 Å². The SMILES string of the molecule is CCc1ccc2c(c1)Cc1ccccc1-2.[Cl][Zr][Cl]. The predicted molar refractivity (Wildman–Crippen MR) is 75.8 cm³/mol. The van der Waals surface area contributed by atoms with Gasteiger partial charge in [0.1, 0.15) is 0 Å². The Bertz CT molecular complexity index is 538. The van der Waals surface area contributed by atoms with Gasteiger partial charge in [-0.25, -0.2) is 0 Å². The van der Waals surface area contributed by atoms with E-state index in [1.807, 2.05) is 0 Å². The molecule has 0 saturated carbocycles. The summed E-state index contributed by atoms with van der Waals surface area (Å²) in [5, 5.41) is 0. The van der Waals surface area contributed by atoms with Crippen LogP contribution in [0.5, 0.6) is 0 Å². The van der Waals surface area contributed by atoms with Crippen molar-refractivity contribution in [2.75, 3.05) is 0 Å². The van der Waals surface area contributed by atoms with E-state index in [9.17, 15) is 0 Å². The van der Waals surface area contributed by atoms with Crippen LogP contribution in [0.25, 0.3) is 11.1 Å². The molecule has 0 radical (unpaired) electrons. The summed E-state index contributed by atoms with van der Waals surface area (Å²) < 4.78 is 0. The third-order valence-electron chi connectivity index (χ3n) is 3.27. The van der Waals surface area contributed by atoms with Gasteiger partial charge in [-0.05, 0) is 40.7 Å². The minimum absolute atomic E-state index is 0.826. The van der Waals surface area contributed by atoms with Crippen molar-refractivity contribution in [3.63, 3.8) is 0 Å². The molecule has 0 bridgehead atoms. The predicted octanol–water partition coefficient (Wildman–Crippen LogP) is 5.20. The van der Waals surface area contributed by atoms with E-state index in [1.165, 1.54) is 27.8 Å². The second kappa shape index (κ2) is 6.89. The Labute approximate surface area is 127 Å². The van der Waals surface area contributed by atoms with Gasteiger partial charge < -0.3 is 0 Å². The first kappa shape index (κ1) is 14.3. The van der Waals surface area contributed by atoms with E-state index in [1.54, 1.807) is 0 Å². The molecule has 3 heteroatoms. The van der Waals surface area contributed by atoms with Crippen LogP contribution >= 0.6 is 17.0 Å². The third-order valence-corrected chi connectivity index (χ3v) is 3.27. The summed E-state index contributed by atoms with van der Waals surface area (Å²) in [4.78, 5) is 0. The summed E-state index contributed by atoms with van der Waals surface area (Å²) in [6, 6.07) is 15.6. The fourth-order valence-electron chi connectivity index (χ4n) is 2.42. The van der Waals surface area contributed by atoms with Crippen LogP contribution in [0.2, 0.25) is 0 Å². The summed E-state index contributed by atoms with van der Waals surface area (Å²) in [7, 11) is 9.87. The average molecular weight is 356 g/mol. The zero-order valence-electron chi connectivity index (χ0n) is 10.2. The van der Waals surface area contributed by atoms with Crippen molar-refractivity contribution in [3.05, 3.63) is 59.2 Å². The van der Waals surface area contributed by atoms with E-state index in [0.717, 1.165) is 12.8 Å². The molecular weight excluding hydrogens is 342 g/mol. The Morgan fingerprint density at radius 3 is 2.39 bits per heavy atom. The van der Waals surface area contributed by atoms with Crippen LogP contribution in [0.4, 0.5) is 0 Å². The molecule has 92 valence electrons. The van der Waals surface area contributed by atoms with Crippen LogP contribution in [0.1, 0.15) is 23.6 Å². The van der Waals surface area contributed by atoms with Gasteiger partial charge in [-0.3, -0.25) is 0 Å². The molecular formula is C15H14Cl2Zr. The maximum atomic E-state index is 4.93. The molecule has 0 amide bonds. The molecule has 0 saturated heterocycles. The number of rotatable bonds is 1. The van der Waals surface area contributed by atoms with Gasteiger partial charge >= 0.3 is 37.9 Å². The van der Waals surface area contributed by atoms with E-state index in [-0.39, 0.29) is 0 Å². The maximum absolute atomic E-state index is 4.93. The molecule has 2 aromatic carbocycles. The summed E-state index contributed by atoms with van der Waals surface area (Å²) in [5.74, 6) is 0. The van der Waals surface area contributed by atoms with Crippen molar-refractivity contribution < 1.29 is 20.8 Å². The van der Waals surface area contributed by atoms with Crippen molar-refractivity contribution in [1.82, 2.24) is 0 Å². The normalized spacial score (nSPS) is 11.1. The molecule has 0 atom stereocenters. The van der Waals surface area contributed by atoms with Crippen LogP contribution in [0.15, 0.2) is 42.5 Å². The van der Waals surface area contributed by atoms with Crippen molar-refractivity contribution in [1.29, 1.82) is 0 Å². The Morgan fingerprint density at radius 2 is 1.67 bits per heavy atom. The Kier molecular flexibility index (Phi) is 5.48. The van der Waals surface area contributed by atoms with Crippen LogP contribution < -0.4 is 0 Å². The van der Waals surface area contributed by atoms with Crippen molar-refractivity contribution in [2.24, 2.45) is 0 Å². The molecule has 0 aliphatic heterocycles. The molecule has 0 fully saturated rings. The molecule has 0 heterocycles. The first-order valence-electron chi connectivity index (χ1n) is 5.96. The fraction of sp³-hybridized carbons (Fsp3) is 0.200.